The van der Waals surface area contributed by atoms with Gasteiger partial charge in [-0.2, -0.15) is 13.2 Å². The van der Waals surface area contributed by atoms with Gasteiger partial charge < -0.3 is 19.7 Å². The van der Waals surface area contributed by atoms with E-state index in [9.17, 15) is 22.7 Å². The molecule has 1 atom stereocenters. The summed E-state index contributed by atoms with van der Waals surface area (Å²) in [6, 6.07) is 7.02. The minimum Gasteiger partial charge on any atom is -0.496 e. The van der Waals surface area contributed by atoms with Crippen molar-refractivity contribution in [2.75, 3.05) is 26.1 Å². The Morgan fingerprint density at radius 3 is 2.41 bits per heavy atom. The second-order valence-electron chi connectivity index (χ2n) is 8.93. The van der Waals surface area contributed by atoms with Crippen molar-refractivity contribution in [1.82, 2.24) is 9.97 Å². The minimum absolute atomic E-state index is 0.222. The number of alkyl halides is 3. The number of benzene rings is 1. The fourth-order valence-electron chi connectivity index (χ4n) is 4.03. The number of aromatic amines is 1. The molecule has 2 N–H and O–H groups in total. The number of anilines is 1. The van der Waals surface area contributed by atoms with Crippen LogP contribution in [0, 0.1) is 5.82 Å². The molecule has 0 saturated carbocycles. The van der Waals surface area contributed by atoms with Gasteiger partial charge in [0.25, 0.3) is 0 Å². The largest absolute Gasteiger partial charge is 0.496 e. The molecule has 0 spiro atoms. The molecule has 2 heterocycles. The van der Waals surface area contributed by atoms with Gasteiger partial charge in [-0.25, -0.2) is 9.37 Å². The molecular weight excluding hydrogens is 426 g/mol. The number of aromatic nitrogens is 2. The van der Waals surface area contributed by atoms with E-state index in [-0.39, 0.29) is 17.0 Å². The molecular formula is C23H27F4N3O2. The average Bonchev–Trinajstić information content (AvgIpc) is 3.07. The number of pyridine rings is 1. The Bertz CT molecular complexity index is 1110. The maximum Gasteiger partial charge on any atom is 0.417 e. The first-order valence-corrected chi connectivity index (χ1v) is 10.0. The zero-order chi connectivity index (χ0) is 23.9. The molecule has 0 amide bonds. The predicted molar refractivity (Wildman–Crippen MR) is 116 cm³/mol. The molecule has 1 aromatic carbocycles. The molecule has 2 aromatic heterocycles. The van der Waals surface area contributed by atoms with Gasteiger partial charge in [-0.15, -0.1) is 0 Å². The van der Waals surface area contributed by atoms with Crippen LogP contribution in [0.1, 0.15) is 31.5 Å². The van der Waals surface area contributed by atoms with Crippen LogP contribution in [0.5, 0.6) is 5.75 Å². The Kier molecular flexibility index (Phi) is 6.16. The minimum atomic E-state index is -4.92. The Morgan fingerprint density at radius 1 is 1.12 bits per heavy atom. The molecule has 9 heteroatoms. The molecule has 0 aliphatic rings. The summed E-state index contributed by atoms with van der Waals surface area (Å²) >= 11 is 0. The van der Waals surface area contributed by atoms with E-state index in [1.165, 1.54) is 33.1 Å². The Hall–Kier alpha value is -2.81. The molecule has 0 saturated heterocycles. The smallest absolute Gasteiger partial charge is 0.417 e. The second kappa shape index (κ2) is 8.27. The first kappa shape index (κ1) is 23.8. The van der Waals surface area contributed by atoms with Crippen LogP contribution in [0.2, 0.25) is 0 Å². The quantitative estimate of drug-likeness (QED) is 0.496. The lowest BCUT2D eigenvalue weighted by atomic mass is 9.73. The number of nitrogens with zero attached hydrogens (tertiary/aromatic N) is 2. The van der Waals surface area contributed by atoms with Crippen LogP contribution in [0.25, 0.3) is 10.9 Å². The molecule has 0 fully saturated rings. The monoisotopic (exact) mass is 453 g/mol. The molecule has 3 aromatic rings. The lowest BCUT2D eigenvalue weighted by Gasteiger charge is -2.38. The van der Waals surface area contributed by atoms with Crippen molar-refractivity contribution in [1.29, 1.82) is 0 Å². The van der Waals surface area contributed by atoms with Crippen molar-refractivity contribution in [3.05, 3.63) is 53.6 Å². The SMILES string of the molecule is COc1ccc(F)cc1C(C)(C)CC(O)(Cc1cc2cc(N(C)C)ncc2[nH]1)C(F)(F)F. The highest BCUT2D eigenvalue weighted by atomic mass is 19.4. The highest BCUT2D eigenvalue weighted by Crippen LogP contribution is 2.45. The average molecular weight is 453 g/mol. The summed E-state index contributed by atoms with van der Waals surface area (Å²) in [4.78, 5) is 8.96. The van der Waals surface area contributed by atoms with E-state index in [0.717, 1.165) is 6.07 Å². The van der Waals surface area contributed by atoms with Gasteiger partial charge in [0.15, 0.2) is 5.60 Å². The molecule has 174 valence electrons. The van der Waals surface area contributed by atoms with E-state index in [2.05, 4.69) is 9.97 Å². The topological polar surface area (TPSA) is 61.4 Å². The predicted octanol–water partition coefficient (Wildman–Crippen LogP) is 4.98. The highest BCUT2D eigenvalue weighted by molar-refractivity contribution is 5.82. The zero-order valence-electron chi connectivity index (χ0n) is 18.6. The van der Waals surface area contributed by atoms with E-state index >= 15 is 0 Å². The normalized spacial score (nSPS) is 14.4. The lowest BCUT2D eigenvalue weighted by molar-refractivity contribution is -0.266. The van der Waals surface area contributed by atoms with Crippen molar-refractivity contribution in [2.24, 2.45) is 0 Å². The van der Waals surface area contributed by atoms with E-state index < -0.39 is 35.9 Å². The summed E-state index contributed by atoms with van der Waals surface area (Å²) < 4.78 is 61.5. The maximum atomic E-state index is 14.1. The lowest BCUT2D eigenvalue weighted by Crippen LogP contribution is -2.51. The van der Waals surface area contributed by atoms with Gasteiger partial charge in [-0.1, -0.05) is 13.8 Å². The summed E-state index contributed by atoms with van der Waals surface area (Å²) in [6.45, 7) is 3.05. The van der Waals surface area contributed by atoms with Crippen LogP contribution in [0.15, 0.2) is 36.5 Å². The summed E-state index contributed by atoms with van der Waals surface area (Å²) in [5, 5.41) is 11.6. The maximum absolute atomic E-state index is 14.1. The number of aliphatic hydroxyl groups is 1. The Morgan fingerprint density at radius 2 is 1.81 bits per heavy atom. The van der Waals surface area contributed by atoms with Gasteiger partial charge in [0.1, 0.15) is 17.4 Å². The van der Waals surface area contributed by atoms with E-state index in [0.29, 0.717) is 16.7 Å². The number of nitrogens with one attached hydrogen (secondary N) is 1. The van der Waals surface area contributed by atoms with Gasteiger partial charge in [-0.3, -0.25) is 0 Å². The third-order valence-corrected chi connectivity index (χ3v) is 5.64. The molecule has 5 nitrogen and oxygen atoms in total. The van der Waals surface area contributed by atoms with Crippen LogP contribution in [-0.2, 0) is 11.8 Å². The standard InChI is InChI=1S/C23H27F4N3O2/c1-21(2,17-10-15(24)6-7-19(17)32-5)13-22(31,23(25,26)27)11-16-8-14-9-20(30(3)4)28-12-18(14)29-16/h6-10,12,29,31H,11,13H2,1-5H3. The Balaban J connectivity index is 1.99. The van der Waals surface area contributed by atoms with E-state index in [4.69, 9.17) is 4.74 Å². The molecule has 1 unspecified atom stereocenters. The van der Waals surface area contributed by atoms with Gasteiger partial charge in [0.05, 0.1) is 18.8 Å². The van der Waals surface area contributed by atoms with E-state index in [1.807, 2.05) is 14.1 Å². The second-order valence-corrected chi connectivity index (χ2v) is 8.93. The number of rotatable bonds is 7. The highest BCUT2D eigenvalue weighted by Gasteiger charge is 2.56. The van der Waals surface area contributed by atoms with Gasteiger partial charge in [0, 0.05) is 37.2 Å². The number of H-pyrrole nitrogens is 1. The molecule has 0 aliphatic carbocycles. The third-order valence-electron chi connectivity index (χ3n) is 5.64. The zero-order valence-corrected chi connectivity index (χ0v) is 18.6. The van der Waals surface area contributed by atoms with Crippen LogP contribution in [-0.4, -0.2) is 48.1 Å². The molecule has 32 heavy (non-hydrogen) atoms. The van der Waals surface area contributed by atoms with Crippen LogP contribution >= 0.6 is 0 Å². The van der Waals surface area contributed by atoms with Crippen LogP contribution < -0.4 is 9.64 Å². The fraction of sp³-hybridized carbons (Fsp3) is 0.435. The number of hydrogen-bond donors (Lipinski definition) is 2. The molecule has 0 aliphatic heterocycles. The first-order valence-electron chi connectivity index (χ1n) is 10.0. The number of fused-ring (bicyclic) bond motifs is 1. The number of halogens is 4. The van der Waals surface area contributed by atoms with Crippen molar-refractivity contribution in [3.63, 3.8) is 0 Å². The van der Waals surface area contributed by atoms with Gasteiger partial charge in [0.2, 0.25) is 0 Å². The van der Waals surface area contributed by atoms with Crippen molar-refractivity contribution >= 4 is 16.7 Å². The van der Waals surface area contributed by atoms with Gasteiger partial charge in [-0.05, 0) is 42.2 Å². The van der Waals surface area contributed by atoms with Crippen LogP contribution in [0.4, 0.5) is 23.4 Å². The first-order chi connectivity index (χ1) is 14.8. The number of methoxy groups -OCH3 is 1. The van der Waals surface area contributed by atoms with Gasteiger partial charge >= 0.3 is 6.18 Å². The Labute approximate surface area is 184 Å². The summed E-state index contributed by atoms with van der Waals surface area (Å²) in [7, 11) is 4.99. The molecule has 0 radical (unpaired) electrons. The number of hydrogen-bond acceptors (Lipinski definition) is 4. The summed E-state index contributed by atoms with van der Waals surface area (Å²) in [6.07, 6.45) is -4.76. The molecule has 3 rings (SSSR count). The van der Waals surface area contributed by atoms with E-state index in [1.54, 1.807) is 23.2 Å². The summed E-state index contributed by atoms with van der Waals surface area (Å²) in [5.74, 6) is 0.325. The number of ether oxygens (including phenoxy) is 1. The van der Waals surface area contributed by atoms with Crippen molar-refractivity contribution in [3.8, 4) is 5.75 Å². The summed E-state index contributed by atoms with van der Waals surface area (Å²) in [5.41, 5.74) is -3.27. The molecule has 0 bridgehead atoms. The fourth-order valence-corrected chi connectivity index (χ4v) is 4.03. The van der Waals surface area contributed by atoms with Crippen LogP contribution in [0.3, 0.4) is 0 Å². The van der Waals surface area contributed by atoms with Crippen molar-refractivity contribution in [2.45, 2.75) is 43.9 Å². The van der Waals surface area contributed by atoms with Crippen molar-refractivity contribution < 1.29 is 27.4 Å². The third kappa shape index (κ3) is 4.67.